The summed E-state index contributed by atoms with van der Waals surface area (Å²) in [7, 11) is -1.44. The zero-order chi connectivity index (χ0) is 17.5. The van der Waals surface area contributed by atoms with E-state index in [1.807, 2.05) is 17.7 Å². The van der Waals surface area contributed by atoms with E-state index < -0.39 is 10.0 Å². The zero-order valence-corrected chi connectivity index (χ0v) is 14.6. The third-order valence-electron chi connectivity index (χ3n) is 3.73. The number of nitrogens with one attached hydrogen (secondary N) is 1. The Labute approximate surface area is 145 Å². The number of halogens is 1. The van der Waals surface area contributed by atoms with E-state index in [4.69, 9.17) is 11.6 Å². The molecule has 0 saturated heterocycles. The van der Waals surface area contributed by atoms with Crippen LogP contribution in [0.3, 0.4) is 0 Å². The minimum absolute atomic E-state index is 0.474. The summed E-state index contributed by atoms with van der Waals surface area (Å²) in [5, 5.41) is 11.0. The Kier molecular flexibility index (Phi) is 3.99. The molecule has 0 saturated carbocycles. The molecule has 3 aromatic rings. The second-order valence-corrected chi connectivity index (χ2v) is 7.69. The molecule has 0 spiro atoms. The molecule has 2 aromatic carbocycles. The van der Waals surface area contributed by atoms with Crippen molar-refractivity contribution in [3.05, 3.63) is 53.1 Å². The van der Waals surface area contributed by atoms with Crippen LogP contribution in [0.4, 0.5) is 5.69 Å². The number of anilines is 1. The van der Waals surface area contributed by atoms with Crippen molar-refractivity contribution >= 4 is 38.2 Å². The largest absolute Gasteiger partial charge is 0.343 e. The van der Waals surface area contributed by atoms with Gasteiger partial charge in [0, 0.05) is 28.7 Å². The first-order valence-corrected chi connectivity index (χ1v) is 9.33. The smallest absolute Gasteiger partial charge is 0.229 e. The van der Waals surface area contributed by atoms with E-state index in [-0.39, 0.29) is 0 Å². The Morgan fingerprint density at radius 2 is 1.83 bits per heavy atom. The molecule has 0 unspecified atom stereocenters. The molecule has 0 aliphatic rings. The molecule has 0 aliphatic heterocycles. The molecule has 0 radical (unpaired) electrons. The summed E-state index contributed by atoms with van der Waals surface area (Å²) in [5.74, 6) is 0. The van der Waals surface area contributed by atoms with Crippen molar-refractivity contribution in [2.75, 3.05) is 11.0 Å². The van der Waals surface area contributed by atoms with Crippen LogP contribution in [0.1, 0.15) is 5.56 Å². The quantitative estimate of drug-likeness (QED) is 0.774. The minimum atomic E-state index is -3.32. The van der Waals surface area contributed by atoms with Crippen molar-refractivity contribution in [3.63, 3.8) is 0 Å². The molecule has 0 amide bonds. The Balaban J connectivity index is 2.16. The topological polar surface area (TPSA) is 74.9 Å². The average molecular weight is 360 g/mol. The molecule has 5 nitrogen and oxygen atoms in total. The molecular weight excluding hydrogens is 346 g/mol. The molecule has 1 heterocycles. The number of aromatic nitrogens is 1. The highest BCUT2D eigenvalue weighted by molar-refractivity contribution is 7.92. The number of hydrogen-bond acceptors (Lipinski definition) is 3. The van der Waals surface area contributed by atoms with Crippen molar-refractivity contribution < 1.29 is 8.42 Å². The Morgan fingerprint density at radius 1 is 1.17 bits per heavy atom. The number of nitrogens with zero attached hydrogens (tertiary/aromatic N) is 2. The van der Waals surface area contributed by atoms with Crippen LogP contribution in [0.5, 0.6) is 0 Å². The Morgan fingerprint density at radius 3 is 2.42 bits per heavy atom. The third kappa shape index (κ3) is 2.96. The van der Waals surface area contributed by atoms with Gasteiger partial charge in [-0.15, -0.1) is 0 Å². The van der Waals surface area contributed by atoms with E-state index in [0.29, 0.717) is 16.3 Å². The molecule has 0 bridgehead atoms. The van der Waals surface area contributed by atoms with Gasteiger partial charge < -0.3 is 4.57 Å². The lowest BCUT2D eigenvalue weighted by Crippen LogP contribution is -2.09. The summed E-state index contributed by atoms with van der Waals surface area (Å²) in [6.07, 6.45) is 1.10. The lowest BCUT2D eigenvalue weighted by Gasteiger charge is -2.08. The van der Waals surface area contributed by atoms with Gasteiger partial charge in [-0.1, -0.05) is 23.7 Å². The molecule has 24 heavy (non-hydrogen) atoms. The summed E-state index contributed by atoms with van der Waals surface area (Å²) >= 11 is 6.05. The Hall–Kier alpha value is -2.49. The monoisotopic (exact) mass is 359 g/mol. The van der Waals surface area contributed by atoms with Crippen LogP contribution in [0.25, 0.3) is 22.2 Å². The molecule has 0 aliphatic carbocycles. The fourth-order valence-electron chi connectivity index (χ4n) is 2.78. The average Bonchev–Trinajstić information content (AvgIpc) is 2.78. The summed E-state index contributed by atoms with van der Waals surface area (Å²) in [5.41, 5.74) is 3.51. The first-order chi connectivity index (χ1) is 11.3. The second-order valence-electron chi connectivity index (χ2n) is 5.51. The molecule has 1 aromatic heterocycles. The van der Waals surface area contributed by atoms with Crippen molar-refractivity contribution in [3.8, 4) is 17.3 Å². The van der Waals surface area contributed by atoms with E-state index in [1.54, 1.807) is 36.4 Å². The predicted octanol–water partition coefficient (Wildman–Crippen LogP) is 3.74. The maximum Gasteiger partial charge on any atom is 0.229 e. The number of benzene rings is 2. The van der Waals surface area contributed by atoms with Crippen LogP contribution < -0.4 is 4.72 Å². The summed E-state index contributed by atoms with van der Waals surface area (Å²) in [6, 6.07) is 14.6. The molecule has 122 valence electrons. The van der Waals surface area contributed by atoms with Gasteiger partial charge in [0.05, 0.1) is 17.5 Å². The predicted molar refractivity (Wildman–Crippen MR) is 96.5 cm³/mol. The van der Waals surface area contributed by atoms with Gasteiger partial charge in [0.15, 0.2) is 0 Å². The molecular formula is C17H14ClN3O2S. The number of hydrogen-bond donors (Lipinski definition) is 1. The number of aryl methyl sites for hydroxylation is 1. The van der Waals surface area contributed by atoms with Crippen molar-refractivity contribution in [1.82, 2.24) is 4.57 Å². The normalized spacial score (nSPS) is 11.4. The molecule has 0 atom stereocenters. The van der Waals surface area contributed by atoms with E-state index >= 15 is 0 Å². The van der Waals surface area contributed by atoms with Crippen molar-refractivity contribution in [2.45, 2.75) is 0 Å². The number of nitriles is 1. The van der Waals surface area contributed by atoms with Crippen LogP contribution in [0, 0.1) is 11.3 Å². The zero-order valence-electron chi connectivity index (χ0n) is 13.0. The van der Waals surface area contributed by atoms with Crippen LogP contribution in [-0.2, 0) is 17.1 Å². The van der Waals surface area contributed by atoms with E-state index in [9.17, 15) is 13.7 Å². The first kappa shape index (κ1) is 16.4. The van der Waals surface area contributed by atoms with Gasteiger partial charge in [-0.05, 0) is 35.9 Å². The fourth-order valence-corrected chi connectivity index (χ4v) is 3.51. The maximum atomic E-state index is 11.3. The molecule has 3 rings (SSSR count). The van der Waals surface area contributed by atoms with Gasteiger partial charge >= 0.3 is 0 Å². The standard InChI is InChI=1S/C17H14ClN3O2S/c1-21-16-8-5-12(18)9-14(16)15(10-19)17(21)11-3-6-13(7-4-11)20-24(2,22)23/h3-9,20H,1-2H3. The van der Waals surface area contributed by atoms with Crippen molar-refractivity contribution in [2.24, 2.45) is 7.05 Å². The van der Waals surface area contributed by atoms with Gasteiger partial charge in [-0.3, -0.25) is 4.72 Å². The van der Waals surface area contributed by atoms with Gasteiger partial charge in [0.1, 0.15) is 6.07 Å². The number of sulfonamides is 1. The number of rotatable bonds is 3. The van der Waals surface area contributed by atoms with Gasteiger partial charge in [-0.25, -0.2) is 8.42 Å². The lowest BCUT2D eigenvalue weighted by molar-refractivity contribution is 0.607. The van der Waals surface area contributed by atoms with Crippen LogP contribution >= 0.6 is 11.6 Å². The summed E-state index contributed by atoms with van der Waals surface area (Å²) in [4.78, 5) is 0. The van der Waals surface area contributed by atoms with Crippen LogP contribution in [0.15, 0.2) is 42.5 Å². The summed E-state index contributed by atoms with van der Waals surface area (Å²) in [6.45, 7) is 0. The highest BCUT2D eigenvalue weighted by atomic mass is 35.5. The first-order valence-electron chi connectivity index (χ1n) is 7.06. The third-order valence-corrected chi connectivity index (χ3v) is 4.58. The lowest BCUT2D eigenvalue weighted by atomic mass is 10.1. The van der Waals surface area contributed by atoms with E-state index in [0.717, 1.165) is 28.4 Å². The SMILES string of the molecule is Cn1c(-c2ccc(NS(C)(=O)=O)cc2)c(C#N)c2cc(Cl)ccc21. The van der Waals surface area contributed by atoms with Crippen LogP contribution in [-0.4, -0.2) is 19.2 Å². The van der Waals surface area contributed by atoms with Gasteiger partial charge in [0.2, 0.25) is 10.0 Å². The molecule has 7 heteroatoms. The van der Waals surface area contributed by atoms with Crippen LogP contribution in [0.2, 0.25) is 5.02 Å². The maximum absolute atomic E-state index is 11.3. The van der Waals surface area contributed by atoms with E-state index in [1.165, 1.54) is 0 Å². The summed E-state index contributed by atoms with van der Waals surface area (Å²) < 4.78 is 26.9. The molecule has 0 fully saturated rings. The van der Waals surface area contributed by atoms with Gasteiger partial charge in [-0.2, -0.15) is 5.26 Å². The number of fused-ring (bicyclic) bond motifs is 1. The van der Waals surface area contributed by atoms with Crippen molar-refractivity contribution in [1.29, 1.82) is 5.26 Å². The highest BCUT2D eigenvalue weighted by Crippen LogP contribution is 2.34. The van der Waals surface area contributed by atoms with Gasteiger partial charge in [0.25, 0.3) is 0 Å². The second kappa shape index (κ2) is 5.86. The fraction of sp³-hybridized carbons (Fsp3) is 0.118. The minimum Gasteiger partial charge on any atom is -0.343 e. The Bertz CT molecular complexity index is 1080. The highest BCUT2D eigenvalue weighted by Gasteiger charge is 2.17. The molecule has 1 N–H and O–H groups in total. The van der Waals surface area contributed by atoms with E-state index in [2.05, 4.69) is 10.8 Å².